The molecule has 0 amide bonds. The van der Waals surface area contributed by atoms with E-state index in [0.717, 1.165) is 58.7 Å². The first-order valence-electron chi connectivity index (χ1n) is 7.40. The van der Waals surface area contributed by atoms with E-state index in [1.807, 2.05) is 0 Å². The highest BCUT2D eigenvalue weighted by Crippen LogP contribution is 2.24. The predicted molar refractivity (Wildman–Crippen MR) is 75.0 cm³/mol. The van der Waals surface area contributed by atoms with Gasteiger partial charge in [0.05, 0.1) is 13.0 Å². The quantitative estimate of drug-likeness (QED) is 0.729. The molecule has 1 N–H and O–H groups in total. The van der Waals surface area contributed by atoms with E-state index in [-0.39, 0.29) is 11.9 Å². The number of rotatable bonds is 4. The summed E-state index contributed by atoms with van der Waals surface area (Å²) >= 11 is 0. The zero-order chi connectivity index (χ0) is 13.7. The van der Waals surface area contributed by atoms with Crippen molar-refractivity contribution in [3.8, 4) is 0 Å². The Kier molecular flexibility index (Phi) is 5.60. The van der Waals surface area contributed by atoms with E-state index in [0.29, 0.717) is 5.92 Å². The minimum absolute atomic E-state index is 0.0224. The number of likely N-dealkylation sites (N-methyl/N-ethyl adjacent to an activating group) is 1. The molecule has 1 unspecified atom stereocenters. The largest absolute Gasteiger partial charge is 0.469 e. The van der Waals surface area contributed by atoms with Crippen LogP contribution in [0.4, 0.5) is 0 Å². The average Bonchev–Trinajstić information content (AvgIpc) is 2.47. The third kappa shape index (κ3) is 4.16. The van der Waals surface area contributed by atoms with Crippen molar-refractivity contribution < 1.29 is 9.53 Å². The van der Waals surface area contributed by atoms with Gasteiger partial charge in [-0.05, 0) is 38.9 Å². The van der Waals surface area contributed by atoms with Crippen LogP contribution in [0.2, 0.25) is 0 Å². The first-order chi connectivity index (χ1) is 9.20. The van der Waals surface area contributed by atoms with Gasteiger partial charge < -0.3 is 15.0 Å². The van der Waals surface area contributed by atoms with Crippen molar-refractivity contribution in [2.45, 2.75) is 12.8 Å². The monoisotopic (exact) mass is 269 g/mol. The van der Waals surface area contributed by atoms with Gasteiger partial charge in [0.15, 0.2) is 0 Å². The van der Waals surface area contributed by atoms with E-state index in [2.05, 4.69) is 22.2 Å². The molecular formula is C14H27N3O2. The van der Waals surface area contributed by atoms with E-state index in [1.165, 1.54) is 7.11 Å². The Morgan fingerprint density at radius 2 is 1.89 bits per heavy atom. The third-order valence-corrected chi connectivity index (χ3v) is 4.51. The molecule has 5 heteroatoms. The maximum absolute atomic E-state index is 12.1. The van der Waals surface area contributed by atoms with Gasteiger partial charge in [0.2, 0.25) is 0 Å². The predicted octanol–water partition coefficient (Wildman–Crippen LogP) is 0.0226. The highest BCUT2D eigenvalue weighted by Gasteiger charge is 2.32. The lowest BCUT2D eigenvalue weighted by Gasteiger charge is -2.37. The number of esters is 1. The summed E-state index contributed by atoms with van der Waals surface area (Å²) in [6.45, 7) is 7.25. The molecule has 5 nitrogen and oxygen atoms in total. The summed E-state index contributed by atoms with van der Waals surface area (Å²) in [6, 6.07) is 0. The normalized spacial score (nSPS) is 25.2. The molecule has 2 aliphatic heterocycles. The molecule has 0 spiro atoms. The molecule has 0 aromatic carbocycles. The maximum atomic E-state index is 12.1. The Hall–Kier alpha value is -0.650. The minimum atomic E-state index is -0.0224. The van der Waals surface area contributed by atoms with Crippen LogP contribution in [0.1, 0.15) is 12.8 Å². The molecule has 19 heavy (non-hydrogen) atoms. The number of nitrogens with one attached hydrogen (secondary N) is 1. The van der Waals surface area contributed by atoms with Crippen LogP contribution in [0.25, 0.3) is 0 Å². The molecule has 1 atom stereocenters. The number of nitrogens with zero attached hydrogens (tertiary/aromatic N) is 2. The van der Waals surface area contributed by atoms with E-state index < -0.39 is 0 Å². The van der Waals surface area contributed by atoms with Gasteiger partial charge in [-0.25, -0.2) is 0 Å². The number of carbonyl (C=O) groups excluding carboxylic acids is 1. The number of hydrogen-bond acceptors (Lipinski definition) is 5. The topological polar surface area (TPSA) is 44.8 Å². The standard InChI is InChI=1S/C14H27N3O2/c1-16-7-9-17(10-8-16)11-13(14(18)19-2)12-3-5-15-6-4-12/h12-13,15H,3-11H2,1-2H3. The lowest BCUT2D eigenvalue weighted by molar-refractivity contribution is -0.148. The van der Waals surface area contributed by atoms with Crippen molar-refractivity contribution in [2.24, 2.45) is 11.8 Å². The number of ether oxygens (including phenoxy) is 1. The zero-order valence-corrected chi connectivity index (χ0v) is 12.2. The fourth-order valence-electron chi connectivity index (χ4n) is 3.12. The molecule has 0 radical (unpaired) electrons. The molecule has 0 bridgehead atoms. The van der Waals surface area contributed by atoms with Crippen molar-refractivity contribution in [2.75, 3.05) is 60.0 Å². The lowest BCUT2D eigenvalue weighted by Crippen LogP contribution is -2.49. The second-order valence-electron chi connectivity index (χ2n) is 5.82. The Morgan fingerprint density at radius 1 is 1.26 bits per heavy atom. The van der Waals surface area contributed by atoms with Crippen LogP contribution in [0.3, 0.4) is 0 Å². The first kappa shape index (κ1) is 14.8. The summed E-state index contributed by atoms with van der Waals surface area (Å²) in [5.74, 6) is 0.509. The summed E-state index contributed by atoms with van der Waals surface area (Å²) in [5, 5.41) is 3.36. The van der Waals surface area contributed by atoms with Crippen LogP contribution < -0.4 is 5.32 Å². The van der Waals surface area contributed by atoms with Crippen LogP contribution in [0.5, 0.6) is 0 Å². The summed E-state index contributed by atoms with van der Waals surface area (Å²) < 4.78 is 5.03. The third-order valence-electron chi connectivity index (χ3n) is 4.51. The van der Waals surface area contributed by atoms with Crippen molar-refractivity contribution in [1.82, 2.24) is 15.1 Å². The SMILES string of the molecule is COC(=O)C(CN1CCN(C)CC1)C1CCNCC1. The van der Waals surface area contributed by atoms with Gasteiger partial charge >= 0.3 is 5.97 Å². The highest BCUT2D eigenvalue weighted by atomic mass is 16.5. The van der Waals surface area contributed by atoms with Gasteiger partial charge in [-0.2, -0.15) is 0 Å². The Labute approximate surface area is 116 Å². The van der Waals surface area contributed by atoms with E-state index in [9.17, 15) is 4.79 Å². The molecule has 2 saturated heterocycles. The number of methoxy groups -OCH3 is 1. The van der Waals surface area contributed by atoms with Crippen molar-refractivity contribution in [1.29, 1.82) is 0 Å². The molecule has 2 heterocycles. The molecule has 0 saturated carbocycles. The summed E-state index contributed by atoms with van der Waals surface area (Å²) in [4.78, 5) is 16.8. The van der Waals surface area contributed by atoms with E-state index in [4.69, 9.17) is 4.74 Å². The number of carbonyl (C=O) groups is 1. The second-order valence-corrected chi connectivity index (χ2v) is 5.82. The van der Waals surface area contributed by atoms with Crippen LogP contribution in [-0.2, 0) is 9.53 Å². The molecule has 2 aliphatic rings. The van der Waals surface area contributed by atoms with Crippen molar-refractivity contribution in [3.63, 3.8) is 0 Å². The van der Waals surface area contributed by atoms with Crippen LogP contribution >= 0.6 is 0 Å². The highest BCUT2D eigenvalue weighted by molar-refractivity contribution is 5.73. The van der Waals surface area contributed by atoms with E-state index >= 15 is 0 Å². The van der Waals surface area contributed by atoms with Gasteiger partial charge in [-0.15, -0.1) is 0 Å². The van der Waals surface area contributed by atoms with Gasteiger partial charge in [0.25, 0.3) is 0 Å². The van der Waals surface area contributed by atoms with Crippen molar-refractivity contribution in [3.05, 3.63) is 0 Å². The van der Waals surface area contributed by atoms with Gasteiger partial charge in [-0.3, -0.25) is 9.69 Å². The zero-order valence-electron chi connectivity index (χ0n) is 12.2. The van der Waals surface area contributed by atoms with Crippen LogP contribution in [0.15, 0.2) is 0 Å². The molecule has 2 rings (SSSR count). The van der Waals surface area contributed by atoms with Gasteiger partial charge in [0.1, 0.15) is 0 Å². The molecule has 0 aliphatic carbocycles. The molecular weight excluding hydrogens is 242 g/mol. The summed E-state index contributed by atoms with van der Waals surface area (Å²) in [7, 11) is 3.67. The minimum Gasteiger partial charge on any atom is -0.469 e. The van der Waals surface area contributed by atoms with Gasteiger partial charge in [0, 0.05) is 32.7 Å². The summed E-state index contributed by atoms with van der Waals surface area (Å²) in [6.07, 6.45) is 2.18. The first-order valence-corrected chi connectivity index (χ1v) is 7.40. The molecule has 2 fully saturated rings. The second kappa shape index (κ2) is 7.22. The fraction of sp³-hybridized carbons (Fsp3) is 0.929. The van der Waals surface area contributed by atoms with Crippen LogP contribution in [0, 0.1) is 11.8 Å². The smallest absolute Gasteiger partial charge is 0.310 e. The molecule has 0 aromatic heterocycles. The molecule has 0 aromatic rings. The Morgan fingerprint density at radius 3 is 2.47 bits per heavy atom. The molecule has 110 valence electrons. The number of hydrogen-bond donors (Lipinski definition) is 1. The Bertz CT molecular complexity index is 284. The van der Waals surface area contributed by atoms with Gasteiger partial charge in [-0.1, -0.05) is 0 Å². The summed E-state index contributed by atoms with van der Waals surface area (Å²) in [5.41, 5.74) is 0. The number of piperidine rings is 1. The lowest BCUT2D eigenvalue weighted by atomic mass is 9.84. The van der Waals surface area contributed by atoms with Crippen molar-refractivity contribution >= 4 is 5.97 Å². The maximum Gasteiger partial charge on any atom is 0.310 e. The van der Waals surface area contributed by atoms with E-state index in [1.54, 1.807) is 0 Å². The fourth-order valence-corrected chi connectivity index (χ4v) is 3.12. The average molecular weight is 269 g/mol. The van der Waals surface area contributed by atoms with Crippen LogP contribution in [-0.4, -0.2) is 75.7 Å². The number of piperazine rings is 1. The Balaban J connectivity index is 1.91.